The average molecular weight is 284 g/mol. The minimum Gasteiger partial charge on any atom is -0.398 e. The van der Waals surface area contributed by atoms with Gasteiger partial charge in [-0.25, -0.2) is 4.39 Å². The third-order valence-corrected chi connectivity index (χ3v) is 3.93. The van der Waals surface area contributed by atoms with E-state index in [-0.39, 0.29) is 17.6 Å². The third kappa shape index (κ3) is 2.75. The van der Waals surface area contributed by atoms with Crippen LogP contribution in [0.2, 0.25) is 0 Å². The van der Waals surface area contributed by atoms with Gasteiger partial charge in [0, 0.05) is 5.69 Å². The molecule has 1 aliphatic rings. The number of hydrogen-bond donors (Lipinski definition) is 2. The van der Waals surface area contributed by atoms with Gasteiger partial charge in [0.2, 0.25) is 0 Å². The first kappa shape index (κ1) is 13.6. The summed E-state index contributed by atoms with van der Waals surface area (Å²) in [6.07, 6.45) is 2.99. The highest BCUT2D eigenvalue weighted by Crippen LogP contribution is 2.29. The number of fused-ring (bicyclic) bond motifs is 1. The first-order valence-electron chi connectivity index (χ1n) is 7.09. The highest BCUT2D eigenvalue weighted by Gasteiger charge is 2.22. The minimum absolute atomic E-state index is 0.00750. The minimum atomic E-state index is -0.438. The van der Waals surface area contributed by atoms with E-state index in [2.05, 4.69) is 11.4 Å². The number of nitrogens with two attached hydrogens (primary N) is 1. The summed E-state index contributed by atoms with van der Waals surface area (Å²) in [6.45, 7) is 0. The van der Waals surface area contributed by atoms with Crippen LogP contribution in [0.15, 0.2) is 42.5 Å². The lowest BCUT2D eigenvalue weighted by atomic mass is 9.87. The summed E-state index contributed by atoms with van der Waals surface area (Å²) in [7, 11) is 0. The third-order valence-electron chi connectivity index (χ3n) is 3.93. The number of nitrogens with one attached hydrogen (secondary N) is 1. The molecule has 0 aliphatic heterocycles. The second kappa shape index (κ2) is 5.56. The molecule has 3 rings (SSSR count). The molecule has 1 aliphatic carbocycles. The number of carbonyl (C=O) groups excluding carboxylic acids is 1. The predicted octanol–water partition coefficient (Wildman–Crippen LogP) is 3.22. The van der Waals surface area contributed by atoms with E-state index in [1.165, 1.54) is 23.8 Å². The highest BCUT2D eigenvalue weighted by molar-refractivity contribution is 5.99. The number of hydrogen-bond acceptors (Lipinski definition) is 2. The first-order chi connectivity index (χ1) is 10.1. The summed E-state index contributed by atoms with van der Waals surface area (Å²) in [5.41, 5.74) is 8.65. The lowest BCUT2D eigenvalue weighted by Crippen LogP contribution is -2.31. The van der Waals surface area contributed by atoms with E-state index in [9.17, 15) is 9.18 Å². The molecule has 3 nitrogen and oxygen atoms in total. The van der Waals surface area contributed by atoms with Crippen molar-refractivity contribution in [2.45, 2.75) is 25.3 Å². The average Bonchev–Trinajstić information content (AvgIpc) is 2.47. The van der Waals surface area contributed by atoms with Crippen LogP contribution in [0.3, 0.4) is 0 Å². The normalized spacial score (nSPS) is 17.1. The molecule has 1 atom stereocenters. The summed E-state index contributed by atoms with van der Waals surface area (Å²) >= 11 is 0. The van der Waals surface area contributed by atoms with Gasteiger partial charge < -0.3 is 11.1 Å². The Bertz CT molecular complexity index is 684. The van der Waals surface area contributed by atoms with Crippen molar-refractivity contribution in [3.05, 3.63) is 65.0 Å². The van der Waals surface area contributed by atoms with Crippen LogP contribution < -0.4 is 11.1 Å². The molecule has 0 heterocycles. The van der Waals surface area contributed by atoms with Gasteiger partial charge in [-0.2, -0.15) is 0 Å². The highest BCUT2D eigenvalue weighted by atomic mass is 19.1. The number of rotatable bonds is 2. The van der Waals surface area contributed by atoms with Crippen molar-refractivity contribution < 1.29 is 9.18 Å². The molecule has 1 unspecified atom stereocenters. The van der Waals surface area contributed by atoms with Crippen LogP contribution in [0.5, 0.6) is 0 Å². The summed E-state index contributed by atoms with van der Waals surface area (Å²) in [5, 5.41) is 3.01. The van der Waals surface area contributed by atoms with E-state index >= 15 is 0 Å². The lowest BCUT2D eigenvalue weighted by molar-refractivity contribution is 0.0933. The van der Waals surface area contributed by atoms with Crippen LogP contribution in [-0.2, 0) is 6.42 Å². The van der Waals surface area contributed by atoms with Crippen molar-refractivity contribution in [1.29, 1.82) is 0 Å². The summed E-state index contributed by atoms with van der Waals surface area (Å²) in [4.78, 5) is 12.3. The quantitative estimate of drug-likeness (QED) is 0.832. The number of anilines is 1. The fraction of sp³-hybridized carbons (Fsp3) is 0.235. The molecular formula is C17H17FN2O. The van der Waals surface area contributed by atoms with E-state index in [4.69, 9.17) is 5.73 Å². The molecule has 4 heteroatoms. The maximum Gasteiger partial charge on any atom is 0.253 e. The molecule has 0 radical (unpaired) electrons. The van der Waals surface area contributed by atoms with E-state index < -0.39 is 5.82 Å². The molecule has 3 N–H and O–H groups in total. The van der Waals surface area contributed by atoms with Gasteiger partial charge >= 0.3 is 0 Å². The van der Waals surface area contributed by atoms with Crippen LogP contribution in [0.1, 0.15) is 40.4 Å². The maximum atomic E-state index is 13.1. The van der Waals surface area contributed by atoms with Crippen molar-refractivity contribution in [3.8, 4) is 0 Å². The molecule has 0 bridgehead atoms. The van der Waals surface area contributed by atoms with Gasteiger partial charge in [0.1, 0.15) is 5.82 Å². The molecule has 0 spiro atoms. The predicted molar refractivity (Wildman–Crippen MR) is 80.4 cm³/mol. The molecular weight excluding hydrogens is 267 g/mol. The Morgan fingerprint density at radius 1 is 1.24 bits per heavy atom. The van der Waals surface area contributed by atoms with E-state index in [1.807, 2.05) is 18.2 Å². The van der Waals surface area contributed by atoms with Crippen molar-refractivity contribution in [3.63, 3.8) is 0 Å². The van der Waals surface area contributed by atoms with Crippen LogP contribution >= 0.6 is 0 Å². The van der Waals surface area contributed by atoms with Gasteiger partial charge in [-0.05, 0) is 48.6 Å². The van der Waals surface area contributed by atoms with E-state index in [1.54, 1.807) is 0 Å². The van der Waals surface area contributed by atoms with Crippen LogP contribution in [-0.4, -0.2) is 5.91 Å². The Balaban J connectivity index is 1.83. The Morgan fingerprint density at radius 3 is 2.86 bits per heavy atom. The zero-order valence-corrected chi connectivity index (χ0v) is 11.6. The molecule has 0 aromatic heterocycles. The zero-order chi connectivity index (χ0) is 14.8. The zero-order valence-electron chi connectivity index (χ0n) is 11.6. The van der Waals surface area contributed by atoms with Crippen molar-refractivity contribution in [1.82, 2.24) is 5.32 Å². The van der Waals surface area contributed by atoms with Crippen LogP contribution in [0.25, 0.3) is 0 Å². The fourth-order valence-corrected chi connectivity index (χ4v) is 2.88. The Morgan fingerprint density at radius 2 is 2.05 bits per heavy atom. The lowest BCUT2D eigenvalue weighted by Gasteiger charge is -2.26. The van der Waals surface area contributed by atoms with Crippen LogP contribution in [0, 0.1) is 5.82 Å². The smallest absolute Gasteiger partial charge is 0.253 e. The summed E-state index contributed by atoms with van der Waals surface area (Å²) in [6, 6.07) is 12.0. The molecule has 21 heavy (non-hydrogen) atoms. The van der Waals surface area contributed by atoms with Gasteiger partial charge in [0.25, 0.3) is 5.91 Å². The molecule has 2 aromatic rings. The number of amides is 1. The van der Waals surface area contributed by atoms with Gasteiger partial charge in [0.05, 0.1) is 11.6 Å². The van der Waals surface area contributed by atoms with E-state index in [0.717, 1.165) is 24.8 Å². The standard InChI is InChI=1S/C17H17FN2O/c18-12-8-9-14(15(19)10-12)17(21)20-16-7-3-5-11-4-1-2-6-13(11)16/h1-2,4,6,8-10,16H,3,5,7,19H2,(H,20,21). The first-order valence-corrected chi connectivity index (χ1v) is 7.09. The van der Waals surface area contributed by atoms with Crippen LogP contribution in [0.4, 0.5) is 10.1 Å². The molecule has 0 saturated heterocycles. The molecule has 1 amide bonds. The Kier molecular flexibility index (Phi) is 3.60. The number of benzene rings is 2. The number of nitrogen functional groups attached to an aromatic ring is 1. The number of aryl methyl sites for hydroxylation is 1. The molecule has 0 fully saturated rings. The van der Waals surface area contributed by atoms with Gasteiger partial charge in [-0.15, -0.1) is 0 Å². The largest absolute Gasteiger partial charge is 0.398 e. The summed E-state index contributed by atoms with van der Waals surface area (Å²) < 4.78 is 13.1. The Hall–Kier alpha value is -2.36. The van der Waals surface area contributed by atoms with Crippen molar-refractivity contribution in [2.24, 2.45) is 0 Å². The summed E-state index contributed by atoms with van der Waals surface area (Å²) in [5.74, 6) is -0.693. The number of carbonyl (C=O) groups is 1. The second-order valence-electron chi connectivity index (χ2n) is 5.35. The van der Waals surface area contributed by atoms with E-state index in [0.29, 0.717) is 5.56 Å². The molecule has 0 saturated carbocycles. The molecule has 108 valence electrons. The van der Waals surface area contributed by atoms with Gasteiger partial charge in [0.15, 0.2) is 0 Å². The Labute approximate surface area is 123 Å². The molecule has 2 aromatic carbocycles. The van der Waals surface area contributed by atoms with Gasteiger partial charge in [-0.3, -0.25) is 4.79 Å². The van der Waals surface area contributed by atoms with Gasteiger partial charge in [-0.1, -0.05) is 24.3 Å². The number of halogens is 1. The monoisotopic (exact) mass is 284 g/mol. The fourth-order valence-electron chi connectivity index (χ4n) is 2.88. The maximum absolute atomic E-state index is 13.1. The second-order valence-corrected chi connectivity index (χ2v) is 5.35. The topological polar surface area (TPSA) is 55.1 Å². The van der Waals surface area contributed by atoms with Crippen molar-refractivity contribution >= 4 is 11.6 Å². The SMILES string of the molecule is Nc1cc(F)ccc1C(=O)NC1CCCc2ccccc21. The van der Waals surface area contributed by atoms with Crippen molar-refractivity contribution in [2.75, 3.05) is 5.73 Å².